The van der Waals surface area contributed by atoms with Crippen LogP contribution in [-0.4, -0.2) is 36.1 Å². The number of ether oxygens (including phenoxy) is 2. The molecule has 0 aliphatic carbocycles. The Hall–Kier alpha value is -0.870. The summed E-state index contributed by atoms with van der Waals surface area (Å²) in [6.45, 7) is 0.901. The van der Waals surface area contributed by atoms with Crippen LogP contribution in [0.3, 0.4) is 0 Å². The maximum absolute atomic E-state index is 10.0. The molecular formula is C11H16NO4P. The van der Waals surface area contributed by atoms with Crippen molar-refractivity contribution in [1.29, 1.82) is 0 Å². The monoisotopic (exact) mass is 257 g/mol. The van der Waals surface area contributed by atoms with Crippen molar-refractivity contribution in [3.63, 3.8) is 0 Å². The molecule has 1 unspecified atom stereocenters. The molecule has 1 aliphatic heterocycles. The van der Waals surface area contributed by atoms with Gasteiger partial charge in [0.05, 0.1) is 18.8 Å². The van der Waals surface area contributed by atoms with Crippen molar-refractivity contribution >= 4 is 9.39 Å². The maximum atomic E-state index is 10.0. The van der Waals surface area contributed by atoms with Crippen LogP contribution in [0.25, 0.3) is 0 Å². The number of aliphatic hydroxyl groups is 2. The molecule has 1 aromatic carbocycles. The molecule has 3 N–H and O–H groups in total. The van der Waals surface area contributed by atoms with Gasteiger partial charge in [0.15, 0.2) is 11.5 Å². The van der Waals surface area contributed by atoms with Crippen molar-refractivity contribution in [1.82, 2.24) is 5.09 Å². The number of hydrogen-bond acceptors (Lipinski definition) is 5. The number of fused-ring (bicyclic) bond motifs is 1. The fraction of sp³-hybridized carbons (Fsp3) is 0.455. The first-order valence-electron chi connectivity index (χ1n) is 5.41. The Kier molecular flexibility index (Phi) is 4.18. The third-order valence-corrected chi connectivity index (χ3v) is 3.13. The number of benzene rings is 1. The van der Waals surface area contributed by atoms with E-state index < -0.39 is 12.1 Å². The quantitative estimate of drug-likeness (QED) is 0.674. The highest BCUT2D eigenvalue weighted by Crippen LogP contribution is 2.33. The normalized spacial score (nSPS) is 17.6. The summed E-state index contributed by atoms with van der Waals surface area (Å²) in [6, 6.07) is 4.85. The summed E-state index contributed by atoms with van der Waals surface area (Å²) in [4.78, 5) is 0. The smallest absolute Gasteiger partial charge is 0.161 e. The van der Waals surface area contributed by atoms with E-state index in [9.17, 15) is 5.11 Å². The third kappa shape index (κ3) is 2.69. The second kappa shape index (κ2) is 5.65. The van der Waals surface area contributed by atoms with Gasteiger partial charge >= 0.3 is 0 Å². The van der Waals surface area contributed by atoms with Gasteiger partial charge in [-0.3, -0.25) is 5.09 Å². The van der Waals surface area contributed by atoms with E-state index in [1.54, 1.807) is 18.2 Å². The van der Waals surface area contributed by atoms with Crippen LogP contribution in [0.1, 0.15) is 11.7 Å². The SMILES string of the molecule is OC[C@@H](NP)[C@H](O)c1ccc2c(c1)OCCO2. The molecule has 1 aliphatic rings. The third-order valence-electron chi connectivity index (χ3n) is 2.70. The zero-order valence-corrected chi connectivity index (χ0v) is 10.5. The second-order valence-corrected chi connectivity index (χ2v) is 4.14. The van der Waals surface area contributed by atoms with Gasteiger partial charge in [0, 0.05) is 0 Å². The summed E-state index contributed by atoms with van der Waals surface area (Å²) < 4.78 is 10.8. The summed E-state index contributed by atoms with van der Waals surface area (Å²) >= 11 is 0. The van der Waals surface area contributed by atoms with Gasteiger partial charge in [-0.25, -0.2) is 0 Å². The van der Waals surface area contributed by atoms with Crippen LogP contribution in [0.15, 0.2) is 18.2 Å². The second-order valence-electron chi connectivity index (χ2n) is 3.80. The van der Waals surface area contributed by atoms with E-state index >= 15 is 0 Å². The molecule has 0 spiro atoms. The van der Waals surface area contributed by atoms with Gasteiger partial charge in [-0.2, -0.15) is 0 Å². The molecule has 17 heavy (non-hydrogen) atoms. The molecule has 0 bridgehead atoms. The molecule has 0 aromatic heterocycles. The van der Waals surface area contributed by atoms with E-state index in [0.717, 1.165) is 0 Å². The minimum Gasteiger partial charge on any atom is -0.486 e. The fourth-order valence-corrected chi connectivity index (χ4v) is 2.01. The van der Waals surface area contributed by atoms with Crippen molar-refractivity contribution in [3.05, 3.63) is 23.8 Å². The Morgan fingerprint density at radius 1 is 1.29 bits per heavy atom. The van der Waals surface area contributed by atoms with Crippen LogP contribution in [-0.2, 0) is 0 Å². The maximum Gasteiger partial charge on any atom is 0.161 e. The molecule has 0 amide bonds. The Bertz CT molecular complexity index is 384. The Morgan fingerprint density at radius 3 is 2.65 bits per heavy atom. The lowest BCUT2D eigenvalue weighted by atomic mass is 10.0. The predicted octanol–water partition coefficient (Wildman–Crippen LogP) is 0.232. The number of hydrogen-bond donors (Lipinski definition) is 3. The minimum absolute atomic E-state index is 0.154. The van der Waals surface area contributed by atoms with Crippen LogP contribution in [0.2, 0.25) is 0 Å². The van der Waals surface area contributed by atoms with Crippen LogP contribution in [0.4, 0.5) is 0 Å². The summed E-state index contributed by atoms with van der Waals surface area (Å²) in [5.74, 6) is 1.32. The number of rotatable bonds is 4. The minimum atomic E-state index is -0.798. The summed E-state index contributed by atoms with van der Waals surface area (Å²) in [7, 11) is 2.29. The number of nitrogens with one attached hydrogen (secondary N) is 1. The van der Waals surface area contributed by atoms with Crippen LogP contribution in [0, 0.1) is 0 Å². The van der Waals surface area contributed by atoms with Crippen molar-refractivity contribution in [2.24, 2.45) is 0 Å². The molecule has 6 heteroatoms. The van der Waals surface area contributed by atoms with Crippen LogP contribution < -0.4 is 14.6 Å². The topological polar surface area (TPSA) is 71.0 Å². The van der Waals surface area contributed by atoms with Crippen molar-refractivity contribution in [3.8, 4) is 11.5 Å². The van der Waals surface area contributed by atoms with Gasteiger partial charge in [-0.15, -0.1) is 0 Å². The predicted molar refractivity (Wildman–Crippen MR) is 66.1 cm³/mol. The van der Waals surface area contributed by atoms with Gasteiger partial charge < -0.3 is 19.7 Å². The fourth-order valence-electron chi connectivity index (χ4n) is 1.72. The Morgan fingerprint density at radius 2 is 2.00 bits per heavy atom. The van der Waals surface area contributed by atoms with Crippen LogP contribution in [0.5, 0.6) is 11.5 Å². The first kappa shape index (κ1) is 12.6. The molecular weight excluding hydrogens is 241 g/mol. The van der Waals surface area contributed by atoms with Gasteiger partial charge in [0.25, 0.3) is 0 Å². The summed E-state index contributed by atoms with van der Waals surface area (Å²) in [6.07, 6.45) is -0.798. The van der Waals surface area contributed by atoms with E-state index in [0.29, 0.717) is 30.3 Å². The van der Waals surface area contributed by atoms with Gasteiger partial charge in [-0.05, 0) is 17.7 Å². The molecule has 1 aromatic rings. The lowest BCUT2D eigenvalue weighted by Crippen LogP contribution is -2.32. The molecule has 94 valence electrons. The number of aliphatic hydroxyl groups excluding tert-OH is 2. The summed E-state index contributed by atoms with van der Waals surface area (Å²) in [5, 5.41) is 21.9. The zero-order chi connectivity index (χ0) is 12.3. The molecule has 0 fully saturated rings. The van der Waals surface area contributed by atoms with Crippen LogP contribution >= 0.6 is 9.39 Å². The highest BCUT2D eigenvalue weighted by atomic mass is 31.0. The standard InChI is InChI=1S/C11H16NO4P/c13-6-8(12-17)11(14)7-1-2-9-10(5-7)16-4-3-15-9/h1-2,5,8,11-14H,3-4,6,17H2/t8-,11-/m1/s1. The van der Waals surface area contributed by atoms with E-state index in [-0.39, 0.29) is 6.61 Å². The Balaban J connectivity index is 2.21. The zero-order valence-electron chi connectivity index (χ0n) is 9.30. The van der Waals surface area contributed by atoms with E-state index in [2.05, 4.69) is 14.5 Å². The summed E-state index contributed by atoms with van der Waals surface area (Å²) in [5.41, 5.74) is 0.684. The molecule has 1 heterocycles. The van der Waals surface area contributed by atoms with Crippen molar-refractivity contribution in [2.45, 2.75) is 12.1 Å². The average Bonchev–Trinajstić information content (AvgIpc) is 2.39. The van der Waals surface area contributed by atoms with E-state index in [1.807, 2.05) is 0 Å². The van der Waals surface area contributed by atoms with Gasteiger partial charge in [-0.1, -0.05) is 15.5 Å². The molecule has 2 rings (SSSR count). The van der Waals surface area contributed by atoms with Gasteiger partial charge in [0.2, 0.25) is 0 Å². The molecule has 5 nitrogen and oxygen atoms in total. The first-order valence-corrected chi connectivity index (χ1v) is 5.98. The highest BCUT2D eigenvalue weighted by molar-refractivity contribution is 7.13. The average molecular weight is 257 g/mol. The van der Waals surface area contributed by atoms with Gasteiger partial charge in [0.1, 0.15) is 13.2 Å². The molecule has 3 atom stereocenters. The molecule has 0 saturated heterocycles. The van der Waals surface area contributed by atoms with Crippen molar-refractivity contribution < 1.29 is 19.7 Å². The van der Waals surface area contributed by atoms with Crippen molar-refractivity contribution in [2.75, 3.05) is 19.8 Å². The Labute approximate surface area is 102 Å². The largest absolute Gasteiger partial charge is 0.486 e. The van der Waals surface area contributed by atoms with E-state index in [4.69, 9.17) is 14.6 Å². The first-order chi connectivity index (χ1) is 8.26. The molecule has 0 radical (unpaired) electrons. The molecule has 0 saturated carbocycles. The lowest BCUT2D eigenvalue weighted by molar-refractivity contribution is 0.102. The highest BCUT2D eigenvalue weighted by Gasteiger charge is 2.21. The lowest BCUT2D eigenvalue weighted by Gasteiger charge is -2.23. The van der Waals surface area contributed by atoms with E-state index in [1.165, 1.54) is 0 Å².